The molecule has 2 amide bonds. The number of amides is 2. The maximum atomic E-state index is 13.5. The molecule has 0 saturated carbocycles. The molecular formula is C26H48N2O5. The summed E-state index contributed by atoms with van der Waals surface area (Å²) < 4.78 is 11.5. The van der Waals surface area contributed by atoms with Gasteiger partial charge < -0.3 is 19.3 Å². The lowest BCUT2D eigenvalue weighted by Gasteiger charge is -2.40. The molecule has 1 saturated heterocycles. The quantitative estimate of drug-likeness (QED) is 0.411. The minimum Gasteiger partial charge on any atom is -0.379 e. The van der Waals surface area contributed by atoms with Crippen molar-refractivity contribution in [1.82, 2.24) is 9.80 Å². The van der Waals surface area contributed by atoms with E-state index in [0.717, 1.165) is 19.3 Å². The van der Waals surface area contributed by atoms with Crippen molar-refractivity contribution in [2.75, 3.05) is 27.8 Å². The fourth-order valence-electron chi connectivity index (χ4n) is 4.99. The molecule has 7 atom stereocenters. The summed E-state index contributed by atoms with van der Waals surface area (Å²) in [6.07, 6.45) is 2.04. The van der Waals surface area contributed by atoms with E-state index < -0.39 is 6.10 Å². The molecule has 1 unspecified atom stereocenters. The van der Waals surface area contributed by atoms with E-state index in [0.29, 0.717) is 6.54 Å². The molecule has 0 aromatic heterocycles. The zero-order valence-corrected chi connectivity index (χ0v) is 22.6. The van der Waals surface area contributed by atoms with E-state index in [4.69, 9.17) is 9.47 Å². The van der Waals surface area contributed by atoms with E-state index in [1.54, 1.807) is 26.0 Å². The van der Waals surface area contributed by atoms with Gasteiger partial charge >= 0.3 is 0 Å². The summed E-state index contributed by atoms with van der Waals surface area (Å²) in [6, 6.07) is -0.325. The van der Waals surface area contributed by atoms with Crippen LogP contribution in [0.25, 0.3) is 0 Å². The average molecular weight is 469 g/mol. The van der Waals surface area contributed by atoms with Gasteiger partial charge in [0.05, 0.1) is 30.7 Å². The number of likely N-dealkylation sites (tertiary alicyclic amines) is 1. The third-order valence-corrected chi connectivity index (χ3v) is 7.88. The average Bonchev–Trinajstić information content (AvgIpc) is 3.26. The predicted octanol–water partition coefficient (Wildman–Crippen LogP) is 3.79. The lowest BCUT2D eigenvalue weighted by Crippen LogP contribution is -2.53. The van der Waals surface area contributed by atoms with Crippen molar-refractivity contribution in [3.63, 3.8) is 0 Å². The van der Waals surface area contributed by atoms with Gasteiger partial charge in [0.25, 0.3) is 0 Å². The second-order valence-electron chi connectivity index (χ2n) is 10.2. The molecule has 0 aromatic carbocycles. The predicted molar refractivity (Wildman–Crippen MR) is 131 cm³/mol. The number of carbonyl (C=O) groups is 3. The highest BCUT2D eigenvalue weighted by atomic mass is 16.5. The molecule has 7 heteroatoms. The van der Waals surface area contributed by atoms with Crippen molar-refractivity contribution in [3.05, 3.63) is 0 Å². The van der Waals surface area contributed by atoms with Gasteiger partial charge in [-0.3, -0.25) is 14.4 Å². The maximum Gasteiger partial charge on any atom is 0.225 e. The van der Waals surface area contributed by atoms with Crippen LogP contribution in [0.15, 0.2) is 0 Å². The van der Waals surface area contributed by atoms with Crippen LogP contribution in [0.3, 0.4) is 0 Å². The number of nitrogens with zero attached hydrogens (tertiary/aromatic N) is 2. The maximum absolute atomic E-state index is 13.5. The Morgan fingerprint density at radius 3 is 2.09 bits per heavy atom. The van der Waals surface area contributed by atoms with E-state index in [1.807, 2.05) is 39.6 Å². The summed E-state index contributed by atoms with van der Waals surface area (Å²) in [5, 5.41) is 0. The van der Waals surface area contributed by atoms with Gasteiger partial charge in [0.15, 0.2) is 0 Å². The number of likely N-dealkylation sites (N-methyl/N-ethyl adjacent to an activating group) is 1. The summed E-state index contributed by atoms with van der Waals surface area (Å²) in [4.78, 5) is 42.3. The molecule has 1 heterocycles. The van der Waals surface area contributed by atoms with Crippen molar-refractivity contribution < 1.29 is 23.9 Å². The fourth-order valence-corrected chi connectivity index (χ4v) is 4.99. The summed E-state index contributed by atoms with van der Waals surface area (Å²) in [5.41, 5.74) is 0. The lowest BCUT2D eigenvalue weighted by atomic mass is 9.88. The zero-order valence-electron chi connectivity index (χ0n) is 22.6. The number of ketones is 1. The second-order valence-corrected chi connectivity index (χ2v) is 10.2. The Morgan fingerprint density at radius 1 is 1.03 bits per heavy atom. The molecule has 0 bridgehead atoms. The first kappa shape index (κ1) is 29.6. The lowest BCUT2D eigenvalue weighted by molar-refractivity contribution is -0.147. The largest absolute Gasteiger partial charge is 0.379 e. The highest BCUT2D eigenvalue weighted by Crippen LogP contribution is 2.29. The summed E-state index contributed by atoms with van der Waals surface area (Å²) >= 11 is 0. The van der Waals surface area contributed by atoms with E-state index in [1.165, 1.54) is 0 Å². The molecule has 7 nitrogen and oxygen atoms in total. The van der Waals surface area contributed by atoms with Crippen LogP contribution < -0.4 is 0 Å². The summed E-state index contributed by atoms with van der Waals surface area (Å²) in [7, 11) is 5.07. The first-order valence-electron chi connectivity index (χ1n) is 12.5. The highest BCUT2D eigenvalue weighted by Gasteiger charge is 2.41. The fraction of sp³-hybridized carbons (Fsp3) is 0.885. The molecule has 0 N–H and O–H groups in total. The molecule has 1 rings (SSSR count). The van der Waals surface area contributed by atoms with Gasteiger partial charge in [0.2, 0.25) is 11.8 Å². The van der Waals surface area contributed by atoms with Crippen LogP contribution in [0.4, 0.5) is 0 Å². The molecule has 0 aromatic rings. The van der Waals surface area contributed by atoms with E-state index >= 15 is 0 Å². The Hall–Kier alpha value is -1.47. The normalized spacial score (nSPS) is 21.9. The molecule has 1 aliphatic heterocycles. The van der Waals surface area contributed by atoms with Gasteiger partial charge in [0.1, 0.15) is 5.78 Å². The molecule has 33 heavy (non-hydrogen) atoms. The Balaban J connectivity index is 3.11. The first-order valence-corrected chi connectivity index (χ1v) is 12.5. The van der Waals surface area contributed by atoms with Crippen LogP contribution in [0.2, 0.25) is 0 Å². The van der Waals surface area contributed by atoms with Crippen molar-refractivity contribution in [2.24, 2.45) is 23.7 Å². The number of carbonyl (C=O) groups excluding carboxylic acids is 3. The number of hydrogen-bond donors (Lipinski definition) is 0. The number of Topliss-reactive ketones (excluding diaryl/α,β-unsaturated/α-hetero) is 1. The van der Waals surface area contributed by atoms with E-state index in [2.05, 4.69) is 13.8 Å². The van der Waals surface area contributed by atoms with Gasteiger partial charge in [-0.15, -0.1) is 0 Å². The van der Waals surface area contributed by atoms with Gasteiger partial charge in [0, 0.05) is 39.6 Å². The standard InChI is InChI=1S/C26H48N2O5/c1-11-17(4)24(27(8)26(31)18(5)16(2)3)22(32-9)15-23(30)28-14-12-13-21(28)25(33-10)19(6)20(7)29/h16-19,21-22,24-25H,11-15H2,1-10H3/t17-,18-,19-,21-,22+,24?,25+/m0/s1. The number of rotatable bonds is 13. The number of methoxy groups -OCH3 is 2. The topological polar surface area (TPSA) is 76.2 Å². The first-order chi connectivity index (χ1) is 15.4. The molecule has 192 valence electrons. The van der Waals surface area contributed by atoms with Crippen LogP contribution in [-0.2, 0) is 23.9 Å². The third kappa shape index (κ3) is 7.25. The molecule has 1 fully saturated rings. The van der Waals surface area contributed by atoms with Crippen molar-refractivity contribution in [1.29, 1.82) is 0 Å². The van der Waals surface area contributed by atoms with Crippen molar-refractivity contribution in [3.8, 4) is 0 Å². The van der Waals surface area contributed by atoms with Gasteiger partial charge in [-0.25, -0.2) is 0 Å². The van der Waals surface area contributed by atoms with Crippen molar-refractivity contribution >= 4 is 17.6 Å². The zero-order chi connectivity index (χ0) is 25.5. The van der Waals surface area contributed by atoms with Gasteiger partial charge in [-0.1, -0.05) is 48.0 Å². The Morgan fingerprint density at radius 2 is 1.64 bits per heavy atom. The van der Waals surface area contributed by atoms with Crippen LogP contribution in [0, 0.1) is 23.7 Å². The molecular weight excluding hydrogens is 420 g/mol. The van der Waals surface area contributed by atoms with Gasteiger partial charge in [-0.2, -0.15) is 0 Å². The molecule has 0 radical (unpaired) electrons. The van der Waals surface area contributed by atoms with E-state index in [9.17, 15) is 14.4 Å². The highest BCUT2D eigenvalue weighted by molar-refractivity contribution is 5.81. The van der Waals surface area contributed by atoms with Crippen LogP contribution in [0.5, 0.6) is 0 Å². The number of ether oxygens (including phenoxy) is 2. The van der Waals surface area contributed by atoms with Gasteiger partial charge in [-0.05, 0) is 31.6 Å². The molecule has 0 aliphatic carbocycles. The summed E-state index contributed by atoms with van der Waals surface area (Å²) in [5.74, 6) is 0.169. The SMILES string of the molecule is CC[C@H](C)C([C@@H](CC(=O)N1CCC[C@H]1[C@H](OC)[C@@H](C)C(C)=O)OC)N(C)C(=O)[C@@H](C)C(C)C. The Bertz CT molecular complexity index is 653. The second kappa shape index (κ2) is 13.4. The smallest absolute Gasteiger partial charge is 0.225 e. The Kier molecular flexibility index (Phi) is 12.0. The van der Waals surface area contributed by atoms with E-state index in [-0.39, 0.29) is 65.9 Å². The Labute approximate surface area is 201 Å². The van der Waals surface area contributed by atoms with Crippen LogP contribution in [0.1, 0.15) is 74.1 Å². The minimum atomic E-state index is -0.409. The van der Waals surface area contributed by atoms with Crippen molar-refractivity contribution in [2.45, 2.75) is 98.4 Å². The molecule has 1 aliphatic rings. The number of hydrogen-bond acceptors (Lipinski definition) is 5. The molecule has 0 spiro atoms. The van der Waals surface area contributed by atoms with Crippen LogP contribution in [-0.4, -0.2) is 79.5 Å². The summed E-state index contributed by atoms with van der Waals surface area (Å²) in [6.45, 7) is 14.4. The van der Waals surface area contributed by atoms with Crippen LogP contribution >= 0.6 is 0 Å². The minimum absolute atomic E-state index is 0.00629. The third-order valence-electron chi connectivity index (χ3n) is 7.88. The monoisotopic (exact) mass is 468 g/mol.